The highest BCUT2D eigenvalue weighted by Gasteiger charge is 2.15. The maximum atomic E-state index is 12.5. The first-order valence-electron chi connectivity index (χ1n) is 8.97. The van der Waals surface area contributed by atoms with Gasteiger partial charge in [-0.25, -0.2) is 0 Å². The first-order valence-corrected chi connectivity index (χ1v) is 8.97. The molecule has 0 aliphatic carbocycles. The largest absolute Gasteiger partial charge is 0.491 e. The minimum Gasteiger partial charge on any atom is -0.491 e. The number of hydrogen-bond donors (Lipinski definition) is 2. The van der Waals surface area contributed by atoms with Gasteiger partial charge in [-0.05, 0) is 49.7 Å². The van der Waals surface area contributed by atoms with Crippen molar-refractivity contribution in [2.24, 2.45) is 0 Å². The molecule has 2 aromatic carbocycles. The van der Waals surface area contributed by atoms with Crippen LogP contribution < -0.4 is 15.4 Å². The summed E-state index contributed by atoms with van der Waals surface area (Å²) in [5, 5.41) is 5.51. The molecule has 1 aromatic heterocycles. The normalized spacial score (nSPS) is 10.4. The number of ether oxygens (including phenoxy) is 1. The van der Waals surface area contributed by atoms with E-state index in [0.717, 1.165) is 11.3 Å². The molecule has 144 valence electrons. The Morgan fingerprint density at radius 1 is 1.00 bits per heavy atom. The Bertz CT molecular complexity index is 964. The molecular formula is C22H22N2O4. The first kappa shape index (κ1) is 19.2. The third-order valence-electron chi connectivity index (χ3n) is 4.14. The van der Waals surface area contributed by atoms with Crippen molar-refractivity contribution in [2.45, 2.75) is 13.8 Å². The zero-order chi connectivity index (χ0) is 19.9. The van der Waals surface area contributed by atoms with Crippen molar-refractivity contribution in [3.05, 3.63) is 83.3 Å². The topological polar surface area (TPSA) is 80.6 Å². The zero-order valence-electron chi connectivity index (χ0n) is 15.8. The van der Waals surface area contributed by atoms with Crippen molar-refractivity contribution >= 4 is 17.5 Å². The van der Waals surface area contributed by atoms with Crippen LogP contribution in [0.1, 0.15) is 32.0 Å². The molecule has 0 bridgehead atoms. The summed E-state index contributed by atoms with van der Waals surface area (Å²) >= 11 is 0. The van der Waals surface area contributed by atoms with Crippen LogP contribution in [0, 0.1) is 13.8 Å². The van der Waals surface area contributed by atoms with Crippen LogP contribution in [0.5, 0.6) is 5.75 Å². The second-order valence-corrected chi connectivity index (χ2v) is 6.35. The van der Waals surface area contributed by atoms with Crippen LogP contribution in [0.3, 0.4) is 0 Å². The Morgan fingerprint density at radius 2 is 1.82 bits per heavy atom. The SMILES string of the molecule is Cc1ccc(OCCNC(=O)c2ccccc2NC(=O)c2ccco2)c(C)c1. The second kappa shape index (κ2) is 8.90. The fourth-order valence-corrected chi connectivity index (χ4v) is 2.76. The van der Waals surface area contributed by atoms with Crippen LogP contribution in [0.15, 0.2) is 65.3 Å². The van der Waals surface area contributed by atoms with Crippen molar-refractivity contribution in [3.8, 4) is 5.75 Å². The zero-order valence-corrected chi connectivity index (χ0v) is 15.8. The standard InChI is InChI=1S/C22H22N2O4/c1-15-9-10-19(16(2)14-15)28-13-11-23-21(25)17-6-3-4-7-18(17)24-22(26)20-8-5-12-27-20/h3-10,12,14H,11,13H2,1-2H3,(H,23,25)(H,24,26). The fraction of sp³-hybridized carbons (Fsp3) is 0.182. The molecule has 0 aliphatic rings. The number of anilines is 1. The van der Waals surface area contributed by atoms with Gasteiger partial charge in [-0.1, -0.05) is 29.8 Å². The Balaban J connectivity index is 1.56. The number of aryl methyl sites for hydroxylation is 2. The smallest absolute Gasteiger partial charge is 0.291 e. The van der Waals surface area contributed by atoms with Crippen LogP contribution in [0.25, 0.3) is 0 Å². The van der Waals surface area contributed by atoms with Crippen LogP contribution in [-0.2, 0) is 0 Å². The lowest BCUT2D eigenvalue weighted by Gasteiger charge is -2.12. The predicted molar refractivity (Wildman–Crippen MR) is 107 cm³/mol. The first-order chi connectivity index (χ1) is 13.5. The Labute approximate surface area is 163 Å². The van der Waals surface area contributed by atoms with Gasteiger partial charge in [0, 0.05) is 0 Å². The van der Waals surface area contributed by atoms with E-state index in [0.29, 0.717) is 24.4 Å². The monoisotopic (exact) mass is 378 g/mol. The maximum Gasteiger partial charge on any atom is 0.291 e. The number of rotatable bonds is 7. The van der Waals surface area contributed by atoms with Gasteiger partial charge in [-0.15, -0.1) is 0 Å². The minimum absolute atomic E-state index is 0.178. The molecular weight excluding hydrogens is 356 g/mol. The number of nitrogens with one attached hydrogen (secondary N) is 2. The Hall–Kier alpha value is -3.54. The van der Waals surface area contributed by atoms with Gasteiger partial charge in [0.15, 0.2) is 5.76 Å². The number of benzene rings is 2. The summed E-state index contributed by atoms with van der Waals surface area (Å²) in [7, 11) is 0. The summed E-state index contributed by atoms with van der Waals surface area (Å²) in [6, 6.07) is 15.9. The minimum atomic E-state index is -0.413. The molecule has 6 nitrogen and oxygen atoms in total. The third-order valence-corrected chi connectivity index (χ3v) is 4.14. The summed E-state index contributed by atoms with van der Waals surface area (Å²) in [6.07, 6.45) is 1.42. The van der Waals surface area contributed by atoms with Crippen LogP contribution >= 0.6 is 0 Å². The molecule has 1 heterocycles. The van der Waals surface area contributed by atoms with E-state index >= 15 is 0 Å². The average molecular weight is 378 g/mol. The second-order valence-electron chi connectivity index (χ2n) is 6.35. The Kier molecular flexibility index (Phi) is 6.11. The summed E-state index contributed by atoms with van der Waals surface area (Å²) < 4.78 is 10.8. The summed E-state index contributed by atoms with van der Waals surface area (Å²) in [4.78, 5) is 24.7. The highest BCUT2D eigenvalue weighted by molar-refractivity contribution is 6.07. The molecule has 0 unspecified atom stereocenters. The highest BCUT2D eigenvalue weighted by atomic mass is 16.5. The molecule has 0 saturated carbocycles. The molecule has 0 radical (unpaired) electrons. The molecule has 2 amide bonds. The number of para-hydroxylation sites is 1. The highest BCUT2D eigenvalue weighted by Crippen LogP contribution is 2.19. The van der Waals surface area contributed by atoms with E-state index in [-0.39, 0.29) is 11.7 Å². The van der Waals surface area contributed by atoms with E-state index in [2.05, 4.69) is 10.6 Å². The number of furan rings is 1. The van der Waals surface area contributed by atoms with E-state index in [9.17, 15) is 9.59 Å². The number of carbonyl (C=O) groups excluding carboxylic acids is 2. The summed E-state index contributed by atoms with van der Waals surface area (Å²) in [5.41, 5.74) is 3.01. The van der Waals surface area contributed by atoms with E-state index < -0.39 is 5.91 Å². The lowest BCUT2D eigenvalue weighted by molar-refractivity contribution is 0.0948. The van der Waals surface area contributed by atoms with Crippen molar-refractivity contribution in [2.75, 3.05) is 18.5 Å². The molecule has 28 heavy (non-hydrogen) atoms. The van der Waals surface area contributed by atoms with Crippen molar-refractivity contribution in [3.63, 3.8) is 0 Å². The lowest BCUT2D eigenvalue weighted by atomic mass is 10.1. The van der Waals surface area contributed by atoms with Gasteiger partial charge >= 0.3 is 0 Å². The number of carbonyl (C=O) groups is 2. The molecule has 2 N–H and O–H groups in total. The molecule has 0 fully saturated rings. The molecule has 0 saturated heterocycles. The molecule has 3 aromatic rings. The van der Waals surface area contributed by atoms with E-state index in [4.69, 9.17) is 9.15 Å². The van der Waals surface area contributed by atoms with E-state index in [1.165, 1.54) is 11.8 Å². The molecule has 0 aliphatic heterocycles. The molecule has 6 heteroatoms. The molecule has 3 rings (SSSR count). The summed E-state index contributed by atoms with van der Waals surface area (Å²) in [5.74, 6) is 0.269. The van der Waals surface area contributed by atoms with Crippen molar-refractivity contribution < 1.29 is 18.7 Å². The predicted octanol–water partition coefficient (Wildman–Crippen LogP) is 3.96. The van der Waals surface area contributed by atoms with Crippen LogP contribution in [0.4, 0.5) is 5.69 Å². The van der Waals surface area contributed by atoms with E-state index in [1.54, 1.807) is 36.4 Å². The quantitative estimate of drug-likeness (QED) is 0.610. The molecule has 0 atom stereocenters. The van der Waals surface area contributed by atoms with Crippen molar-refractivity contribution in [1.82, 2.24) is 5.32 Å². The third kappa shape index (κ3) is 4.79. The van der Waals surface area contributed by atoms with E-state index in [1.807, 2.05) is 32.0 Å². The van der Waals surface area contributed by atoms with Crippen LogP contribution in [-0.4, -0.2) is 25.0 Å². The fourth-order valence-electron chi connectivity index (χ4n) is 2.76. The summed E-state index contributed by atoms with van der Waals surface area (Å²) in [6.45, 7) is 4.70. The van der Waals surface area contributed by atoms with Gasteiger partial charge in [0.1, 0.15) is 12.4 Å². The van der Waals surface area contributed by atoms with Gasteiger partial charge < -0.3 is 19.8 Å². The van der Waals surface area contributed by atoms with Crippen molar-refractivity contribution in [1.29, 1.82) is 0 Å². The lowest BCUT2D eigenvalue weighted by Crippen LogP contribution is -2.29. The average Bonchev–Trinajstić information content (AvgIpc) is 3.22. The van der Waals surface area contributed by atoms with Gasteiger partial charge in [0.25, 0.3) is 11.8 Å². The number of amides is 2. The maximum absolute atomic E-state index is 12.5. The van der Waals surface area contributed by atoms with Gasteiger partial charge in [-0.3, -0.25) is 9.59 Å². The van der Waals surface area contributed by atoms with Gasteiger partial charge in [0.2, 0.25) is 0 Å². The van der Waals surface area contributed by atoms with Crippen LogP contribution in [0.2, 0.25) is 0 Å². The molecule has 0 spiro atoms. The Morgan fingerprint density at radius 3 is 2.57 bits per heavy atom. The van der Waals surface area contributed by atoms with Gasteiger partial charge in [-0.2, -0.15) is 0 Å². The van der Waals surface area contributed by atoms with Gasteiger partial charge in [0.05, 0.1) is 24.1 Å². The number of hydrogen-bond acceptors (Lipinski definition) is 4.